The first-order valence-electron chi connectivity index (χ1n) is 8.83. The standard InChI is InChI=1S/C17H25F3N2O2S/c1-9(2)15(3)13(23)22-14(25-15)21-12-5-4-6-16(24,17(18,19)20)8-10-7-11(10)12/h9-12,24H,4-8H2,1-3H3,(H,21,22,23). The number of aliphatic imine (C=N–C) groups is 1. The summed E-state index contributed by atoms with van der Waals surface area (Å²) in [4.78, 5) is 16.9. The van der Waals surface area contributed by atoms with Crippen molar-refractivity contribution in [3.8, 4) is 0 Å². The van der Waals surface area contributed by atoms with Gasteiger partial charge in [0.1, 0.15) is 4.75 Å². The van der Waals surface area contributed by atoms with Crippen LogP contribution in [-0.2, 0) is 4.79 Å². The van der Waals surface area contributed by atoms with Gasteiger partial charge in [0, 0.05) is 0 Å². The lowest BCUT2D eigenvalue weighted by Gasteiger charge is -2.33. The Kier molecular flexibility index (Phi) is 4.68. The number of aliphatic hydroxyl groups is 1. The third-order valence-corrected chi connectivity index (χ3v) is 7.54. The Morgan fingerprint density at radius 3 is 2.64 bits per heavy atom. The van der Waals surface area contributed by atoms with Crippen molar-refractivity contribution in [2.45, 2.75) is 75.4 Å². The largest absolute Gasteiger partial charge is 0.417 e. The molecular formula is C17H25F3N2O2S. The molecule has 5 unspecified atom stereocenters. The third kappa shape index (κ3) is 3.44. The van der Waals surface area contributed by atoms with Gasteiger partial charge in [-0.15, -0.1) is 0 Å². The second-order valence-electron chi connectivity index (χ2n) is 8.10. The molecule has 2 saturated carbocycles. The van der Waals surface area contributed by atoms with Gasteiger partial charge in [-0.25, -0.2) is 0 Å². The number of halogens is 3. The minimum atomic E-state index is -4.58. The highest BCUT2D eigenvalue weighted by atomic mass is 32.2. The number of hydrogen-bond acceptors (Lipinski definition) is 4. The number of thioether (sulfide) groups is 1. The van der Waals surface area contributed by atoms with Crippen molar-refractivity contribution < 1.29 is 23.1 Å². The molecule has 142 valence electrons. The highest BCUT2D eigenvalue weighted by Gasteiger charge is 2.59. The molecule has 8 heteroatoms. The number of nitrogens with one attached hydrogen (secondary N) is 1. The fourth-order valence-corrected chi connectivity index (χ4v) is 4.94. The van der Waals surface area contributed by atoms with Gasteiger partial charge in [-0.3, -0.25) is 9.79 Å². The van der Waals surface area contributed by atoms with Crippen LogP contribution in [0.4, 0.5) is 13.2 Å². The van der Waals surface area contributed by atoms with Crippen molar-refractivity contribution >= 4 is 22.8 Å². The number of amides is 1. The van der Waals surface area contributed by atoms with Crippen molar-refractivity contribution in [1.82, 2.24) is 5.32 Å². The molecule has 1 saturated heterocycles. The summed E-state index contributed by atoms with van der Waals surface area (Å²) in [6.45, 7) is 5.86. The molecule has 3 fully saturated rings. The van der Waals surface area contributed by atoms with Crippen LogP contribution in [0.5, 0.6) is 0 Å². The van der Waals surface area contributed by atoms with Gasteiger partial charge in [0.2, 0.25) is 5.91 Å². The second-order valence-corrected chi connectivity index (χ2v) is 9.54. The Hall–Kier alpha value is -0.760. The smallest absolute Gasteiger partial charge is 0.380 e. The van der Waals surface area contributed by atoms with E-state index in [-0.39, 0.29) is 49.0 Å². The van der Waals surface area contributed by atoms with Crippen LogP contribution < -0.4 is 5.32 Å². The van der Waals surface area contributed by atoms with Crippen LogP contribution in [0.1, 0.15) is 52.9 Å². The van der Waals surface area contributed by atoms with E-state index in [9.17, 15) is 23.1 Å². The van der Waals surface area contributed by atoms with E-state index >= 15 is 0 Å². The molecule has 3 aliphatic rings. The van der Waals surface area contributed by atoms with E-state index in [0.29, 0.717) is 18.0 Å². The van der Waals surface area contributed by atoms with Crippen molar-refractivity contribution in [1.29, 1.82) is 0 Å². The average Bonchev–Trinajstić information content (AvgIpc) is 3.13. The monoisotopic (exact) mass is 378 g/mol. The summed E-state index contributed by atoms with van der Waals surface area (Å²) in [6.07, 6.45) is -3.62. The first-order chi connectivity index (χ1) is 11.5. The Morgan fingerprint density at radius 2 is 2.08 bits per heavy atom. The molecule has 1 heterocycles. The summed E-state index contributed by atoms with van der Waals surface area (Å²) in [6, 6.07) is -0.0694. The van der Waals surface area contributed by atoms with Gasteiger partial charge < -0.3 is 10.4 Å². The summed E-state index contributed by atoms with van der Waals surface area (Å²) in [5.74, 6) is 0.0267. The van der Waals surface area contributed by atoms with Gasteiger partial charge in [0.25, 0.3) is 0 Å². The number of rotatable bonds is 2. The predicted molar refractivity (Wildman–Crippen MR) is 91.3 cm³/mol. The fourth-order valence-electron chi connectivity index (χ4n) is 3.83. The molecule has 0 bridgehead atoms. The van der Waals surface area contributed by atoms with Crippen molar-refractivity contribution in [3.05, 3.63) is 0 Å². The average molecular weight is 378 g/mol. The minimum absolute atomic E-state index is 0.0594. The molecule has 25 heavy (non-hydrogen) atoms. The van der Waals surface area contributed by atoms with Gasteiger partial charge in [-0.1, -0.05) is 25.6 Å². The zero-order chi connectivity index (χ0) is 18.6. The Morgan fingerprint density at radius 1 is 1.40 bits per heavy atom. The van der Waals surface area contributed by atoms with Gasteiger partial charge >= 0.3 is 6.18 Å². The van der Waals surface area contributed by atoms with E-state index in [1.807, 2.05) is 20.8 Å². The van der Waals surface area contributed by atoms with E-state index in [2.05, 4.69) is 10.3 Å². The fraction of sp³-hybridized carbons (Fsp3) is 0.882. The summed E-state index contributed by atoms with van der Waals surface area (Å²) in [7, 11) is 0. The van der Waals surface area contributed by atoms with Crippen LogP contribution in [-0.4, -0.2) is 38.7 Å². The maximum absolute atomic E-state index is 13.1. The number of fused-ring (bicyclic) bond motifs is 1. The topological polar surface area (TPSA) is 61.7 Å². The number of nitrogens with zero attached hydrogens (tertiary/aromatic N) is 1. The Balaban J connectivity index is 1.70. The van der Waals surface area contributed by atoms with Crippen molar-refractivity contribution in [2.75, 3.05) is 0 Å². The van der Waals surface area contributed by atoms with Crippen LogP contribution in [0.3, 0.4) is 0 Å². The number of alkyl halides is 3. The van der Waals surface area contributed by atoms with Gasteiger partial charge in [0.15, 0.2) is 10.8 Å². The predicted octanol–water partition coefficient (Wildman–Crippen LogP) is 3.49. The van der Waals surface area contributed by atoms with Crippen LogP contribution in [0, 0.1) is 17.8 Å². The van der Waals surface area contributed by atoms with E-state index in [1.54, 1.807) is 0 Å². The molecule has 0 aromatic rings. The number of amidine groups is 1. The van der Waals surface area contributed by atoms with Crippen LogP contribution in [0.2, 0.25) is 0 Å². The first-order valence-corrected chi connectivity index (χ1v) is 9.65. The van der Waals surface area contributed by atoms with Crippen LogP contribution in [0.15, 0.2) is 4.99 Å². The quantitative estimate of drug-likeness (QED) is 0.773. The molecule has 0 aromatic carbocycles. The summed E-state index contributed by atoms with van der Waals surface area (Å²) >= 11 is 1.42. The summed E-state index contributed by atoms with van der Waals surface area (Å²) < 4.78 is 38.8. The highest BCUT2D eigenvalue weighted by Crippen LogP contribution is 2.54. The highest BCUT2D eigenvalue weighted by molar-refractivity contribution is 8.16. The molecule has 1 amide bonds. The lowest BCUT2D eigenvalue weighted by molar-refractivity contribution is -0.267. The summed E-state index contributed by atoms with van der Waals surface area (Å²) in [5, 5.41) is 13.4. The molecule has 5 atom stereocenters. The number of carbonyl (C=O) groups is 1. The normalized spacial score (nSPS) is 43.6. The lowest BCUT2D eigenvalue weighted by Crippen LogP contribution is -2.46. The molecule has 2 N–H and O–H groups in total. The molecule has 2 aliphatic carbocycles. The minimum Gasteiger partial charge on any atom is -0.380 e. The number of carbonyl (C=O) groups excluding carboxylic acids is 1. The molecule has 4 nitrogen and oxygen atoms in total. The molecule has 3 rings (SSSR count). The third-order valence-electron chi connectivity index (χ3n) is 6.05. The van der Waals surface area contributed by atoms with E-state index in [0.717, 1.165) is 0 Å². The zero-order valence-electron chi connectivity index (χ0n) is 14.7. The zero-order valence-corrected chi connectivity index (χ0v) is 15.5. The van der Waals surface area contributed by atoms with Gasteiger partial charge in [-0.2, -0.15) is 13.2 Å². The molecular weight excluding hydrogens is 353 g/mol. The summed E-state index contributed by atoms with van der Waals surface area (Å²) in [5.41, 5.74) is -2.56. The van der Waals surface area contributed by atoms with Crippen molar-refractivity contribution in [3.63, 3.8) is 0 Å². The van der Waals surface area contributed by atoms with E-state index in [4.69, 9.17) is 0 Å². The Labute approximate surface area is 150 Å². The first kappa shape index (κ1) is 19.0. The van der Waals surface area contributed by atoms with Gasteiger partial charge in [-0.05, 0) is 56.8 Å². The Bertz CT molecular complexity index is 595. The molecule has 0 aromatic heterocycles. The van der Waals surface area contributed by atoms with E-state index < -0.39 is 16.5 Å². The van der Waals surface area contributed by atoms with E-state index in [1.165, 1.54) is 11.8 Å². The van der Waals surface area contributed by atoms with Crippen LogP contribution >= 0.6 is 11.8 Å². The molecule has 0 radical (unpaired) electrons. The van der Waals surface area contributed by atoms with Gasteiger partial charge in [0.05, 0.1) is 6.04 Å². The maximum Gasteiger partial charge on any atom is 0.417 e. The number of hydrogen-bond donors (Lipinski definition) is 2. The second kappa shape index (κ2) is 6.15. The lowest BCUT2D eigenvalue weighted by atomic mass is 9.85. The SMILES string of the molecule is CC(C)C1(C)SC(=NC2CCCC(O)(C(F)(F)F)CC3CC32)NC1=O. The van der Waals surface area contributed by atoms with Crippen LogP contribution in [0.25, 0.3) is 0 Å². The molecule has 0 spiro atoms. The maximum atomic E-state index is 13.1. The van der Waals surface area contributed by atoms with Crippen molar-refractivity contribution in [2.24, 2.45) is 22.7 Å². The molecule has 1 aliphatic heterocycles.